The summed E-state index contributed by atoms with van der Waals surface area (Å²) in [6, 6.07) is 0.0121. The molecule has 0 aromatic rings. The molecule has 4 nitrogen and oxygen atoms in total. The van der Waals surface area contributed by atoms with Crippen molar-refractivity contribution < 1.29 is 4.79 Å². The second kappa shape index (κ2) is 4.49. The standard InChI is InChI=1S/C11H21N3O/c1-2-9(12)11(15)13-10-7-14-5-3-8(10)4-6-14/h8-10H,2-7,12H2,1H3,(H,13,15)/t9-,10?/m1/s1. The third-order valence-electron chi connectivity index (χ3n) is 3.76. The zero-order valence-electron chi connectivity index (χ0n) is 9.41. The van der Waals surface area contributed by atoms with Gasteiger partial charge in [0, 0.05) is 12.6 Å². The first-order chi connectivity index (χ1) is 7.20. The maximum absolute atomic E-state index is 11.7. The van der Waals surface area contributed by atoms with Crippen LogP contribution in [0.2, 0.25) is 0 Å². The number of hydrogen-bond donors (Lipinski definition) is 2. The topological polar surface area (TPSA) is 58.4 Å². The Labute approximate surface area is 91.2 Å². The second-order valence-corrected chi connectivity index (χ2v) is 4.77. The number of hydrogen-bond acceptors (Lipinski definition) is 3. The van der Waals surface area contributed by atoms with Gasteiger partial charge in [-0.15, -0.1) is 0 Å². The Morgan fingerprint density at radius 2 is 2.20 bits per heavy atom. The van der Waals surface area contributed by atoms with Gasteiger partial charge in [0.2, 0.25) is 5.91 Å². The Morgan fingerprint density at radius 3 is 2.67 bits per heavy atom. The van der Waals surface area contributed by atoms with E-state index >= 15 is 0 Å². The average Bonchev–Trinajstić information content (AvgIpc) is 2.29. The molecule has 4 heteroatoms. The fraction of sp³-hybridized carbons (Fsp3) is 0.909. The highest BCUT2D eigenvalue weighted by molar-refractivity contribution is 5.81. The predicted molar refractivity (Wildman–Crippen MR) is 59.4 cm³/mol. The molecular formula is C11H21N3O. The van der Waals surface area contributed by atoms with E-state index in [9.17, 15) is 4.79 Å². The monoisotopic (exact) mass is 211 g/mol. The molecule has 0 radical (unpaired) electrons. The van der Waals surface area contributed by atoms with Crippen LogP contribution in [0.15, 0.2) is 0 Å². The number of carbonyl (C=O) groups is 1. The quantitative estimate of drug-likeness (QED) is 0.687. The SMILES string of the molecule is CC[C@@H](N)C(=O)NC1CN2CCC1CC2. The van der Waals surface area contributed by atoms with Crippen molar-refractivity contribution in [2.75, 3.05) is 19.6 Å². The van der Waals surface area contributed by atoms with Crippen LogP contribution in [-0.4, -0.2) is 42.5 Å². The molecule has 3 N–H and O–H groups in total. The van der Waals surface area contributed by atoms with E-state index in [1.165, 1.54) is 25.9 Å². The average molecular weight is 211 g/mol. The first-order valence-corrected chi connectivity index (χ1v) is 5.99. The van der Waals surface area contributed by atoms with E-state index in [4.69, 9.17) is 5.73 Å². The van der Waals surface area contributed by atoms with Gasteiger partial charge in [-0.1, -0.05) is 6.92 Å². The Kier molecular flexibility index (Phi) is 3.26. The molecule has 3 aliphatic heterocycles. The van der Waals surface area contributed by atoms with Crippen LogP contribution in [0.5, 0.6) is 0 Å². The second-order valence-electron chi connectivity index (χ2n) is 4.77. The smallest absolute Gasteiger partial charge is 0.237 e. The minimum Gasteiger partial charge on any atom is -0.350 e. The molecule has 3 fully saturated rings. The number of fused-ring (bicyclic) bond motifs is 3. The molecule has 86 valence electrons. The molecule has 2 atom stereocenters. The molecule has 3 aliphatic rings. The molecule has 1 unspecified atom stereocenters. The number of nitrogens with one attached hydrogen (secondary N) is 1. The summed E-state index contributed by atoms with van der Waals surface area (Å²) < 4.78 is 0. The lowest BCUT2D eigenvalue weighted by molar-refractivity contribution is -0.124. The van der Waals surface area contributed by atoms with Crippen molar-refractivity contribution in [3.8, 4) is 0 Å². The molecule has 0 saturated carbocycles. The highest BCUT2D eigenvalue weighted by atomic mass is 16.2. The van der Waals surface area contributed by atoms with Gasteiger partial charge in [0.25, 0.3) is 0 Å². The molecule has 0 spiro atoms. The zero-order chi connectivity index (χ0) is 10.8. The minimum absolute atomic E-state index is 0.0243. The number of nitrogens with zero attached hydrogens (tertiary/aromatic N) is 1. The van der Waals surface area contributed by atoms with Gasteiger partial charge in [-0.25, -0.2) is 0 Å². The summed E-state index contributed by atoms with van der Waals surface area (Å²) in [4.78, 5) is 14.1. The van der Waals surface area contributed by atoms with Gasteiger partial charge in [-0.05, 0) is 38.3 Å². The zero-order valence-corrected chi connectivity index (χ0v) is 9.41. The molecule has 0 aromatic heterocycles. The lowest BCUT2D eigenvalue weighted by Crippen LogP contribution is -2.59. The van der Waals surface area contributed by atoms with Crippen molar-refractivity contribution in [3.63, 3.8) is 0 Å². The summed E-state index contributed by atoms with van der Waals surface area (Å²) in [5, 5.41) is 3.10. The molecule has 0 aromatic carbocycles. The molecular weight excluding hydrogens is 190 g/mol. The summed E-state index contributed by atoms with van der Waals surface area (Å²) >= 11 is 0. The van der Waals surface area contributed by atoms with Crippen LogP contribution in [0.3, 0.4) is 0 Å². The largest absolute Gasteiger partial charge is 0.350 e. The number of carbonyl (C=O) groups excluding carboxylic acids is 1. The van der Waals surface area contributed by atoms with Gasteiger partial charge in [-0.2, -0.15) is 0 Å². The normalized spacial score (nSPS) is 36.3. The predicted octanol–water partition coefficient (Wildman–Crippen LogP) is -0.0659. The molecule has 2 bridgehead atoms. The molecule has 3 saturated heterocycles. The maximum Gasteiger partial charge on any atom is 0.237 e. The van der Waals surface area contributed by atoms with Crippen LogP contribution in [-0.2, 0) is 4.79 Å². The Morgan fingerprint density at radius 1 is 1.53 bits per heavy atom. The van der Waals surface area contributed by atoms with Crippen molar-refractivity contribution in [1.29, 1.82) is 0 Å². The van der Waals surface area contributed by atoms with Crippen molar-refractivity contribution in [2.45, 2.75) is 38.3 Å². The Hall–Kier alpha value is -0.610. The summed E-state index contributed by atoms with van der Waals surface area (Å²) in [6.45, 7) is 5.38. The van der Waals surface area contributed by atoms with Crippen molar-refractivity contribution in [2.24, 2.45) is 11.7 Å². The van der Waals surface area contributed by atoms with E-state index in [0.29, 0.717) is 18.4 Å². The molecule has 1 amide bonds. The van der Waals surface area contributed by atoms with Gasteiger partial charge in [0.05, 0.1) is 6.04 Å². The number of amides is 1. The fourth-order valence-corrected chi connectivity index (χ4v) is 2.60. The van der Waals surface area contributed by atoms with Gasteiger partial charge in [-0.3, -0.25) is 4.79 Å². The highest BCUT2D eigenvalue weighted by Crippen LogP contribution is 2.27. The third-order valence-corrected chi connectivity index (χ3v) is 3.76. The number of rotatable bonds is 3. The fourth-order valence-electron chi connectivity index (χ4n) is 2.60. The van der Waals surface area contributed by atoms with Crippen LogP contribution < -0.4 is 11.1 Å². The number of piperidine rings is 3. The number of nitrogens with two attached hydrogens (primary N) is 1. The Bertz CT molecular complexity index is 236. The molecule has 3 rings (SSSR count). The van der Waals surface area contributed by atoms with Crippen molar-refractivity contribution in [1.82, 2.24) is 10.2 Å². The highest BCUT2D eigenvalue weighted by Gasteiger charge is 2.35. The van der Waals surface area contributed by atoms with E-state index in [1.54, 1.807) is 0 Å². The molecule has 0 aliphatic carbocycles. The summed E-state index contributed by atoms with van der Waals surface area (Å²) in [7, 11) is 0. The van der Waals surface area contributed by atoms with Gasteiger partial charge < -0.3 is 16.0 Å². The van der Waals surface area contributed by atoms with Crippen LogP contribution in [0, 0.1) is 5.92 Å². The van der Waals surface area contributed by atoms with Crippen LogP contribution >= 0.6 is 0 Å². The molecule has 15 heavy (non-hydrogen) atoms. The van der Waals surface area contributed by atoms with Gasteiger partial charge >= 0.3 is 0 Å². The van der Waals surface area contributed by atoms with Gasteiger partial charge in [0.1, 0.15) is 0 Å². The van der Waals surface area contributed by atoms with Crippen LogP contribution in [0.1, 0.15) is 26.2 Å². The summed E-state index contributed by atoms with van der Waals surface area (Å²) in [5.74, 6) is 0.708. The first kappa shape index (κ1) is 10.9. The van der Waals surface area contributed by atoms with Gasteiger partial charge in [0.15, 0.2) is 0 Å². The van der Waals surface area contributed by atoms with E-state index < -0.39 is 0 Å². The summed E-state index contributed by atoms with van der Waals surface area (Å²) in [5.41, 5.74) is 5.71. The van der Waals surface area contributed by atoms with E-state index in [1.807, 2.05) is 6.92 Å². The van der Waals surface area contributed by atoms with E-state index in [0.717, 1.165) is 6.54 Å². The first-order valence-electron chi connectivity index (χ1n) is 5.99. The van der Waals surface area contributed by atoms with E-state index in [2.05, 4.69) is 10.2 Å². The lowest BCUT2D eigenvalue weighted by atomic mass is 9.84. The van der Waals surface area contributed by atoms with Crippen LogP contribution in [0.4, 0.5) is 0 Å². The Balaban J connectivity index is 1.87. The van der Waals surface area contributed by atoms with Crippen molar-refractivity contribution >= 4 is 5.91 Å². The maximum atomic E-state index is 11.7. The van der Waals surface area contributed by atoms with Crippen molar-refractivity contribution in [3.05, 3.63) is 0 Å². The summed E-state index contributed by atoms with van der Waals surface area (Å²) in [6.07, 6.45) is 3.17. The minimum atomic E-state index is -0.333. The lowest BCUT2D eigenvalue weighted by Gasteiger charge is -2.45. The molecule has 3 heterocycles. The van der Waals surface area contributed by atoms with Crippen LogP contribution in [0.25, 0.3) is 0 Å². The third kappa shape index (κ3) is 2.32. The van der Waals surface area contributed by atoms with E-state index in [-0.39, 0.29) is 11.9 Å².